The Kier molecular flexibility index (Phi) is 4.75. The van der Waals surface area contributed by atoms with E-state index in [1.165, 1.54) is 0 Å². The summed E-state index contributed by atoms with van der Waals surface area (Å²) in [4.78, 5) is 0.374. The number of para-hydroxylation sites is 1. The fourth-order valence-corrected chi connectivity index (χ4v) is 2.65. The molecule has 1 aromatic carbocycles. The Morgan fingerprint density at radius 1 is 1.41 bits per heavy atom. The van der Waals surface area contributed by atoms with Gasteiger partial charge in [-0.2, -0.15) is 0 Å². The molecule has 1 N–H and O–H groups in total. The van der Waals surface area contributed by atoms with Crippen molar-refractivity contribution >= 4 is 15.5 Å². The fraction of sp³-hybridized carbons (Fsp3) is 0.385. The molecule has 0 aromatic heterocycles. The summed E-state index contributed by atoms with van der Waals surface area (Å²) >= 11 is 0. The molecular weight excluding hydrogens is 234 g/mol. The fourth-order valence-electron chi connectivity index (χ4n) is 1.59. The van der Waals surface area contributed by atoms with E-state index >= 15 is 0 Å². The van der Waals surface area contributed by atoms with Gasteiger partial charge in [0.25, 0.3) is 0 Å². The molecule has 0 aliphatic rings. The van der Waals surface area contributed by atoms with Crippen LogP contribution >= 0.6 is 0 Å². The lowest BCUT2D eigenvalue weighted by Gasteiger charge is -2.16. The van der Waals surface area contributed by atoms with Gasteiger partial charge < -0.3 is 5.32 Å². The van der Waals surface area contributed by atoms with Crippen LogP contribution in [-0.2, 0) is 9.84 Å². The zero-order valence-corrected chi connectivity index (χ0v) is 11.1. The van der Waals surface area contributed by atoms with Gasteiger partial charge in [0.05, 0.1) is 16.3 Å². The number of nitrogens with one attached hydrogen (secondary N) is 1. The lowest BCUT2D eigenvalue weighted by molar-refractivity contribution is 0.597. The minimum Gasteiger partial charge on any atom is -0.381 e. The topological polar surface area (TPSA) is 46.2 Å². The maximum atomic E-state index is 11.9. The molecule has 94 valence electrons. The Labute approximate surface area is 103 Å². The van der Waals surface area contributed by atoms with Crippen LogP contribution in [0.4, 0.5) is 5.69 Å². The molecule has 0 aliphatic heterocycles. The van der Waals surface area contributed by atoms with Crippen LogP contribution < -0.4 is 5.32 Å². The molecule has 0 heterocycles. The molecule has 1 aromatic rings. The second-order valence-electron chi connectivity index (χ2n) is 3.97. The number of rotatable bonds is 6. The number of benzene rings is 1. The first-order valence-electron chi connectivity index (χ1n) is 5.70. The molecule has 17 heavy (non-hydrogen) atoms. The van der Waals surface area contributed by atoms with E-state index in [0.29, 0.717) is 10.6 Å². The highest BCUT2D eigenvalue weighted by Gasteiger charge is 2.16. The average Bonchev–Trinajstić information content (AvgIpc) is 2.30. The third kappa shape index (κ3) is 3.60. The van der Waals surface area contributed by atoms with Gasteiger partial charge in [-0.1, -0.05) is 25.1 Å². The highest BCUT2D eigenvalue weighted by molar-refractivity contribution is 7.91. The van der Waals surface area contributed by atoms with E-state index in [2.05, 4.69) is 11.9 Å². The lowest BCUT2D eigenvalue weighted by atomic mass is 10.2. The van der Waals surface area contributed by atoms with Gasteiger partial charge in [0.1, 0.15) is 0 Å². The largest absolute Gasteiger partial charge is 0.381 e. The standard InChI is InChI=1S/C13H19NO2S/c1-4-8-11(3)14-12-9-6-7-10-13(12)17(15,16)5-2/h4,6-7,9-11,14H,1,5,8H2,2-3H3. The molecule has 0 saturated carbocycles. The van der Waals surface area contributed by atoms with Crippen LogP contribution in [0.5, 0.6) is 0 Å². The van der Waals surface area contributed by atoms with Crippen molar-refractivity contribution in [2.75, 3.05) is 11.1 Å². The minimum atomic E-state index is -3.18. The molecule has 0 aliphatic carbocycles. The van der Waals surface area contributed by atoms with Crippen molar-refractivity contribution in [1.29, 1.82) is 0 Å². The van der Waals surface area contributed by atoms with Crippen molar-refractivity contribution in [2.24, 2.45) is 0 Å². The van der Waals surface area contributed by atoms with Crippen molar-refractivity contribution < 1.29 is 8.42 Å². The van der Waals surface area contributed by atoms with Gasteiger partial charge in [-0.05, 0) is 25.5 Å². The second-order valence-corrected chi connectivity index (χ2v) is 6.22. The molecule has 0 radical (unpaired) electrons. The Morgan fingerprint density at radius 2 is 2.06 bits per heavy atom. The monoisotopic (exact) mass is 253 g/mol. The van der Waals surface area contributed by atoms with E-state index in [0.717, 1.165) is 6.42 Å². The van der Waals surface area contributed by atoms with E-state index < -0.39 is 9.84 Å². The molecule has 0 fully saturated rings. The molecule has 0 saturated heterocycles. The van der Waals surface area contributed by atoms with Crippen molar-refractivity contribution in [3.63, 3.8) is 0 Å². The normalized spacial score (nSPS) is 13.1. The minimum absolute atomic E-state index is 0.113. The third-order valence-corrected chi connectivity index (χ3v) is 4.31. The summed E-state index contributed by atoms with van der Waals surface area (Å²) in [5.41, 5.74) is 0.670. The first kappa shape index (κ1) is 13.8. The second kappa shape index (κ2) is 5.87. The molecule has 4 heteroatoms. The number of hydrogen-bond donors (Lipinski definition) is 1. The van der Waals surface area contributed by atoms with Gasteiger partial charge in [0.15, 0.2) is 9.84 Å². The first-order chi connectivity index (χ1) is 8.01. The summed E-state index contributed by atoms with van der Waals surface area (Å²) in [5, 5.41) is 3.20. The van der Waals surface area contributed by atoms with Gasteiger partial charge >= 0.3 is 0 Å². The predicted octanol–water partition coefficient (Wildman–Crippen LogP) is 2.86. The molecule has 1 unspecified atom stereocenters. The molecule has 0 amide bonds. The van der Waals surface area contributed by atoms with Gasteiger partial charge in [0.2, 0.25) is 0 Å². The van der Waals surface area contributed by atoms with Gasteiger partial charge in [-0.3, -0.25) is 0 Å². The van der Waals surface area contributed by atoms with Crippen LogP contribution in [0.1, 0.15) is 20.3 Å². The molecular formula is C13H19NO2S. The number of hydrogen-bond acceptors (Lipinski definition) is 3. The molecule has 0 spiro atoms. The molecule has 0 bridgehead atoms. The summed E-state index contributed by atoms with van der Waals surface area (Å²) in [6, 6.07) is 7.17. The summed E-state index contributed by atoms with van der Waals surface area (Å²) in [5.74, 6) is 0.113. The molecule has 1 atom stereocenters. The Morgan fingerprint density at radius 3 is 2.65 bits per heavy atom. The van der Waals surface area contributed by atoms with Gasteiger partial charge in [-0.25, -0.2) is 8.42 Å². The number of sulfone groups is 1. The third-order valence-electron chi connectivity index (χ3n) is 2.52. The Balaban J connectivity index is 3.05. The number of anilines is 1. The molecule has 1 rings (SSSR count). The van der Waals surface area contributed by atoms with Crippen LogP contribution in [0.2, 0.25) is 0 Å². The van der Waals surface area contributed by atoms with Crippen LogP contribution in [-0.4, -0.2) is 20.2 Å². The van der Waals surface area contributed by atoms with E-state index in [-0.39, 0.29) is 11.8 Å². The van der Waals surface area contributed by atoms with Crippen LogP contribution in [0.15, 0.2) is 41.8 Å². The van der Waals surface area contributed by atoms with Crippen LogP contribution in [0.25, 0.3) is 0 Å². The zero-order valence-electron chi connectivity index (χ0n) is 10.3. The van der Waals surface area contributed by atoms with Crippen molar-refractivity contribution in [3.8, 4) is 0 Å². The quantitative estimate of drug-likeness (QED) is 0.793. The maximum absolute atomic E-state index is 11.9. The van der Waals surface area contributed by atoms with Gasteiger partial charge in [0, 0.05) is 6.04 Å². The highest BCUT2D eigenvalue weighted by Crippen LogP contribution is 2.23. The smallest absolute Gasteiger partial charge is 0.180 e. The SMILES string of the molecule is C=CCC(C)Nc1ccccc1S(=O)(=O)CC. The lowest BCUT2D eigenvalue weighted by Crippen LogP contribution is -2.17. The van der Waals surface area contributed by atoms with Crippen molar-refractivity contribution in [1.82, 2.24) is 0 Å². The summed E-state index contributed by atoms with van der Waals surface area (Å²) in [7, 11) is -3.18. The zero-order chi connectivity index (χ0) is 12.9. The van der Waals surface area contributed by atoms with E-state index in [1.54, 1.807) is 25.1 Å². The van der Waals surface area contributed by atoms with Crippen LogP contribution in [0.3, 0.4) is 0 Å². The van der Waals surface area contributed by atoms with Crippen LogP contribution in [0, 0.1) is 0 Å². The molecule has 3 nitrogen and oxygen atoms in total. The van der Waals surface area contributed by atoms with E-state index in [4.69, 9.17) is 0 Å². The average molecular weight is 253 g/mol. The summed E-state index contributed by atoms with van der Waals surface area (Å²) < 4.78 is 23.8. The predicted molar refractivity (Wildman–Crippen MR) is 72.1 cm³/mol. The summed E-state index contributed by atoms with van der Waals surface area (Å²) in [6.45, 7) is 7.32. The Bertz CT molecular complexity index is 480. The highest BCUT2D eigenvalue weighted by atomic mass is 32.2. The van der Waals surface area contributed by atoms with E-state index in [9.17, 15) is 8.42 Å². The van der Waals surface area contributed by atoms with Crippen molar-refractivity contribution in [3.05, 3.63) is 36.9 Å². The van der Waals surface area contributed by atoms with Crippen molar-refractivity contribution in [2.45, 2.75) is 31.2 Å². The maximum Gasteiger partial charge on any atom is 0.180 e. The Hall–Kier alpha value is -1.29. The summed E-state index contributed by atoms with van der Waals surface area (Å²) in [6.07, 6.45) is 2.61. The van der Waals surface area contributed by atoms with Gasteiger partial charge in [-0.15, -0.1) is 6.58 Å². The van der Waals surface area contributed by atoms with E-state index in [1.807, 2.05) is 19.1 Å². The first-order valence-corrected chi connectivity index (χ1v) is 7.35.